The highest BCUT2D eigenvalue weighted by molar-refractivity contribution is 6.34. The second kappa shape index (κ2) is 8.37. The van der Waals surface area contributed by atoms with Crippen LogP contribution in [-0.4, -0.2) is 11.5 Å². The zero-order valence-corrected chi connectivity index (χ0v) is 12.3. The SMILES string of the molecule is CC#CCCC(NCCC)c1ncc(Cl)cc1Cl. The number of rotatable bonds is 6. The topological polar surface area (TPSA) is 24.9 Å². The van der Waals surface area contributed by atoms with Crippen LogP contribution in [0.25, 0.3) is 0 Å². The Morgan fingerprint density at radius 1 is 1.44 bits per heavy atom. The highest BCUT2D eigenvalue weighted by Gasteiger charge is 2.15. The molecule has 0 amide bonds. The first kappa shape index (κ1) is 15.3. The summed E-state index contributed by atoms with van der Waals surface area (Å²) >= 11 is 12.1. The maximum atomic E-state index is 6.19. The predicted octanol–water partition coefficient (Wildman–Crippen LogP) is 4.23. The molecular weight excluding hydrogens is 267 g/mol. The number of aromatic nitrogens is 1. The van der Waals surface area contributed by atoms with Gasteiger partial charge in [0, 0.05) is 12.6 Å². The van der Waals surface area contributed by atoms with Crippen molar-refractivity contribution in [1.29, 1.82) is 0 Å². The second-order valence-corrected chi connectivity index (χ2v) is 4.84. The Bertz CT molecular complexity index is 435. The van der Waals surface area contributed by atoms with Crippen LogP contribution in [-0.2, 0) is 0 Å². The van der Waals surface area contributed by atoms with Gasteiger partial charge in [0.1, 0.15) is 0 Å². The summed E-state index contributed by atoms with van der Waals surface area (Å²) in [7, 11) is 0. The van der Waals surface area contributed by atoms with Gasteiger partial charge in [-0.1, -0.05) is 30.1 Å². The van der Waals surface area contributed by atoms with E-state index in [1.54, 1.807) is 12.3 Å². The molecule has 2 nitrogen and oxygen atoms in total. The summed E-state index contributed by atoms with van der Waals surface area (Å²) in [4.78, 5) is 4.34. The summed E-state index contributed by atoms with van der Waals surface area (Å²) in [5, 5.41) is 4.62. The maximum absolute atomic E-state index is 6.19. The van der Waals surface area contributed by atoms with Gasteiger partial charge in [0.05, 0.1) is 21.8 Å². The van der Waals surface area contributed by atoms with Crippen LogP contribution in [0.5, 0.6) is 0 Å². The van der Waals surface area contributed by atoms with Gasteiger partial charge in [0.25, 0.3) is 0 Å². The lowest BCUT2D eigenvalue weighted by Gasteiger charge is -2.18. The van der Waals surface area contributed by atoms with Gasteiger partial charge in [-0.3, -0.25) is 4.98 Å². The van der Waals surface area contributed by atoms with Crippen LogP contribution in [0.4, 0.5) is 0 Å². The smallest absolute Gasteiger partial charge is 0.0760 e. The summed E-state index contributed by atoms with van der Waals surface area (Å²) in [6, 6.07) is 1.87. The number of nitrogens with one attached hydrogen (secondary N) is 1. The van der Waals surface area contributed by atoms with Gasteiger partial charge in [0.2, 0.25) is 0 Å². The minimum absolute atomic E-state index is 0.135. The molecule has 0 bridgehead atoms. The Hall–Kier alpha value is -0.750. The quantitative estimate of drug-likeness (QED) is 0.791. The molecule has 1 unspecified atom stereocenters. The Balaban J connectivity index is 2.81. The van der Waals surface area contributed by atoms with Crippen molar-refractivity contribution < 1.29 is 0 Å². The van der Waals surface area contributed by atoms with Crippen LogP contribution in [0.2, 0.25) is 10.0 Å². The molecule has 1 rings (SSSR count). The molecule has 0 saturated heterocycles. The number of hydrogen-bond donors (Lipinski definition) is 1. The molecule has 0 spiro atoms. The Morgan fingerprint density at radius 2 is 2.22 bits per heavy atom. The largest absolute Gasteiger partial charge is 0.309 e. The van der Waals surface area contributed by atoms with Crippen molar-refractivity contribution in [2.24, 2.45) is 0 Å². The molecule has 1 aromatic rings. The van der Waals surface area contributed by atoms with Crippen LogP contribution in [0.1, 0.15) is 44.8 Å². The fourth-order valence-corrected chi connectivity index (χ4v) is 2.19. The van der Waals surface area contributed by atoms with E-state index >= 15 is 0 Å². The molecule has 0 saturated carbocycles. The fourth-order valence-electron chi connectivity index (χ4n) is 1.68. The van der Waals surface area contributed by atoms with E-state index < -0.39 is 0 Å². The van der Waals surface area contributed by atoms with E-state index in [1.807, 2.05) is 6.92 Å². The average molecular weight is 285 g/mol. The molecule has 4 heteroatoms. The molecule has 0 aliphatic heterocycles. The van der Waals surface area contributed by atoms with Gasteiger partial charge in [-0.05, 0) is 32.4 Å². The van der Waals surface area contributed by atoms with E-state index in [4.69, 9.17) is 23.2 Å². The molecule has 0 aliphatic rings. The number of hydrogen-bond acceptors (Lipinski definition) is 2. The normalized spacial score (nSPS) is 11.8. The van der Waals surface area contributed by atoms with Crippen molar-refractivity contribution in [2.45, 2.75) is 39.2 Å². The Morgan fingerprint density at radius 3 is 2.83 bits per heavy atom. The van der Waals surface area contributed by atoms with Crippen molar-refractivity contribution in [3.8, 4) is 11.8 Å². The summed E-state index contributed by atoms with van der Waals surface area (Å²) in [5.74, 6) is 5.97. The highest BCUT2D eigenvalue weighted by atomic mass is 35.5. The minimum atomic E-state index is 0.135. The molecule has 98 valence electrons. The molecule has 1 N–H and O–H groups in total. The monoisotopic (exact) mass is 284 g/mol. The van der Waals surface area contributed by atoms with Crippen molar-refractivity contribution in [1.82, 2.24) is 10.3 Å². The van der Waals surface area contributed by atoms with E-state index in [1.165, 1.54) is 0 Å². The van der Waals surface area contributed by atoms with E-state index in [2.05, 4.69) is 29.1 Å². The Labute approximate surface area is 119 Å². The van der Waals surface area contributed by atoms with Crippen LogP contribution in [0.15, 0.2) is 12.3 Å². The standard InChI is InChI=1S/C14H18Cl2N2/c1-3-5-6-7-13(17-8-4-2)14-12(16)9-11(15)10-18-14/h9-10,13,17H,4,6-8H2,1-2H3. The first-order valence-electron chi connectivity index (χ1n) is 6.13. The van der Waals surface area contributed by atoms with E-state index in [-0.39, 0.29) is 6.04 Å². The average Bonchev–Trinajstić information content (AvgIpc) is 2.34. The van der Waals surface area contributed by atoms with Gasteiger partial charge < -0.3 is 5.32 Å². The van der Waals surface area contributed by atoms with Crippen molar-refractivity contribution in [2.75, 3.05) is 6.54 Å². The fraction of sp³-hybridized carbons (Fsp3) is 0.500. The highest BCUT2D eigenvalue weighted by Crippen LogP contribution is 2.26. The molecule has 1 heterocycles. The van der Waals surface area contributed by atoms with Gasteiger partial charge in [0.15, 0.2) is 0 Å². The Kier molecular flexibility index (Phi) is 7.12. The van der Waals surface area contributed by atoms with Gasteiger partial charge >= 0.3 is 0 Å². The van der Waals surface area contributed by atoms with E-state index in [9.17, 15) is 0 Å². The lowest BCUT2D eigenvalue weighted by atomic mass is 10.1. The minimum Gasteiger partial charge on any atom is -0.309 e. The van der Waals surface area contributed by atoms with Crippen LogP contribution >= 0.6 is 23.2 Å². The molecule has 0 aromatic carbocycles. The van der Waals surface area contributed by atoms with Crippen molar-refractivity contribution in [3.63, 3.8) is 0 Å². The third kappa shape index (κ3) is 4.86. The zero-order chi connectivity index (χ0) is 13.4. The van der Waals surface area contributed by atoms with E-state index in [0.717, 1.165) is 31.5 Å². The molecular formula is C14H18Cl2N2. The predicted molar refractivity (Wildman–Crippen MR) is 78.0 cm³/mol. The molecule has 18 heavy (non-hydrogen) atoms. The van der Waals surface area contributed by atoms with Gasteiger partial charge in [-0.2, -0.15) is 0 Å². The van der Waals surface area contributed by atoms with Gasteiger partial charge in [-0.25, -0.2) is 0 Å². The summed E-state index contributed by atoms with van der Waals surface area (Å²) < 4.78 is 0. The summed E-state index contributed by atoms with van der Waals surface area (Å²) in [5.41, 5.74) is 0.854. The van der Waals surface area contributed by atoms with E-state index in [0.29, 0.717) is 10.0 Å². The van der Waals surface area contributed by atoms with Crippen molar-refractivity contribution in [3.05, 3.63) is 28.0 Å². The van der Waals surface area contributed by atoms with Crippen LogP contribution < -0.4 is 5.32 Å². The lowest BCUT2D eigenvalue weighted by Crippen LogP contribution is -2.23. The molecule has 1 aromatic heterocycles. The maximum Gasteiger partial charge on any atom is 0.0760 e. The molecule has 0 fully saturated rings. The second-order valence-electron chi connectivity index (χ2n) is 3.99. The number of nitrogens with zero attached hydrogens (tertiary/aromatic N) is 1. The molecule has 0 radical (unpaired) electrons. The summed E-state index contributed by atoms with van der Waals surface area (Å²) in [6.07, 6.45) is 4.43. The van der Waals surface area contributed by atoms with Crippen LogP contribution in [0.3, 0.4) is 0 Å². The first-order valence-corrected chi connectivity index (χ1v) is 6.88. The third-order valence-corrected chi connectivity index (χ3v) is 3.05. The number of halogens is 2. The first-order chi connectivity index (χ1) is 8.69. The summed E-state index contributed by atoms with van der Waals surface area (Å²) in [6.45, 7) is 4.92. The lowest BCUT2D eigenvalue weighted by molar-refractivity contribution is 0.495. The molecule has 0 aliphatic carbocycles. The van der Waals surface area contributed by atoms with Crippen molar-refractivity contribution >= 4 is 23.2 Å². The molecule has 1 atom stereocenters. The number of pyridine rings is 1. The van der Waals surface area contributed by atoms with Crippen LogP contribution in [0, 0.1) is 11.8 Å². The zero-order valence-electron chi connectivity index (χ0n) is 10.8. The van der Waals surface area contributed by atoms with Gasteiger partial charge in [-0.15, -0.1) is 11.8 Å². The third-order valence-electron chi connectivity index (χ3n) is 2.54.